The van der Waals surface area contributed by atoms with Gasteiger partial charge in [0, 0.05) is 24.9 Å². The van der Waals surface area contributed by atoms with Crippen LogP contribution in [0.4, 0.5) is 8.78 Å². The van der Waals surface area contributed by atoms with Crippen LogP contribution in [-0.2, 0) is 11.2 Å². The van der Waals surface area contributed by atoms with E-state index in [1.54, 1.807) is 26.1 Å². The van der Waals surface area contributed by atoms with Gasteiger partial charge in [-0.25, -0.2) is 8.78 Å². The molecule has 1 heterocycles. The Hall–Kier alpha value is -2.83. The molecule has 0 unspecified atom stereocenters. The summed E-state index contributed by atoms with van der Waals surface area (Å²) < 4.78 is 27.5. The maximum Gasteiger partial charge on any atom is 0.257 e. The number of nitrogens with one attached hydrogen (secondary N) is 2. The van der Waals surface area contributed by atoms with Gasteiger partial charge in [0.05, 0.1) is 0 Å². The molecule has 0 bridgehead atoms. The van der Waals surface area contributed by atoms with Gasteiger partial charge in [-0.05, 0) is 30.2 Å². The standard InChI is InChI=1S/C19H21F2N3O2/c1-12(2)17(19(26)23-11-9-13-6-3-4-10-22-13)24-18(25)16-14(20)7-5-8-15(16)21/h3-8,10,12,17H,9,11H2,1-2H3,(H,23,26)(H,24,25)/t17-/m0/s1. The average molecular weight is 361 g/mol. The molecule has 1 aromatic heterocycles. The number of nitrogens with zero attached hydrogens (tertiary/aromatic N) is 1. The van der Waals surface area contributed by atoms with Gasteiger partial charge in [0.2, 0.25) is 5.91 Å². The fraction of sp³-hybridized carbons (Fsp3) is 0.316. The second kappa shape index (κ2) is 9.03. The summed E-state index contributed by atoms with van der Waals surface area (Å²) in [6.45, 7) is 3.81. The van der Waals surface area contributed by atoms with Gasteiger partial charge in [0.1, 0.15) is 23.2 Å². The van der Waals surface area contributed by atoms with E-state index in [9.17, 15) is 18.4 Å². The number of carbonyl (C=O) groups excluding carboxylic acids is 2. The molecule has 7 heteroatoms. The highest BCUT2D eigenvalue weighted by atomic mass is 19.1. The first-order chi connectivity index (χ1) is 12.4. The van der Waals surface area contributed by atoms with Gasteiger partial charge in [-0.2, -0.15) is 0 Å². The second-order valence-corrected chi connectivity index (χ2v) is 6.15. The largest absolute Gasteiger partial charge is 0.354 e. The molecule has 0 spiro atoms. The van der Waals surface area contributed by atoms with Crippen molar-refractivity contribution in [3.05, 3.63) is 65.5 Å². The van der Waals surface area contributed by atoms with Gasteiger partial charge in [0.15, 0.2) is 0 Å². The lowest BCUT2D eigenvalue weighted by molar-refractivity contribution is -0.123. The molecule has 0 aliphatic rings. The highest BCUT2D eigenvalue weighted by molar-refractivity contribution is 5.98. The maximum absolute atomic E-state index is 13.7. The number of carbonyl (C=O) groups is 2. The van der Waals surface area contributed by atoms with E-state index >= 15 is 0 Å². The van der Waals surface area contributed by atoms with Crippen LogP contribution >= 0.6 is 0 Å². The molecule has 138 valence electrons. The number of benzene rings is 1. The van der Waals surface area contributed by atoms with Gasteiger partial charge in [-0.15, -0.1) is 0 Å². The number of halogens is 2. The summed E-state index contributed by atoms with van der Waals surface area (Å²) in [5, 5.41) is 5.13. The molecule has 1 aromatic carbocycles. The minimum absolute atomic E-state index is 0.261. The van der Waals surface area contributed by atoms with Gasteiger partial charge in [-0.3, -0.25) is 14.6 Å². The van der Waals surface area contributed by atoms with E-state index in [4.69, 9.17) is 0 Å². The van der Waals surface area contributed by atoms with Crippen LogP contribution < -0.4 is 10.6 Å². The first-order valence-corrected chi connectivity index (χ1v) is 8.32. The molecule has 1 atom stereocenters. The Labute approximate surface area is 150 Å². The molecule has 2 rings (SSSR count). The first kappa shape index (κ1) is 19.5. The molecule has 0 radical (unpaired) electrons. The summed E-state index contributed by atoms with van der Waals surface area (Å²) in [6, 6.07) is 7.74. The molecule has 2 N–H and O–H groups in total. The predicted octanol–water partition coefficient (Wildman–Crippen LogP) is 2.47. The van der Waals surface area contributed by atoms with E-state index in [-0.39, 0.29) is 5.92 Å². The second-order valence-electron chi connectivity index (χ2n) is 6.15. The van der Waals surface area contributed by atoms with Crippen molar-refractivity contribution in [2.45, 2.75) is 26.3 Å². The fourth-order valence-electron chi connectivity index (χ4n) is 2.43. The van der Waals surface area contributed by atoms with E-state index in [0.717, 1.165) is 17.8 Å². The minimum atomic E-state index is -0.972. The highest BCUT2D eigenvalue weighted by Crippen LogP contribution is 2.13. The molecule has 0 aliphatic heterocycles. The number of pyridine rings is 1. The Morgan fingerprint density at radius 1 is 1.08 bits per heavy atom. The molecule has 5 nitrogen and oxygen atoms in total. The molecule has 2 amide bonds. The molecule has 2 aromatic rings. The lowest BCUT2D eigenvalue weighted by Gasteiger charge is -2.22. The third-order valence-electron chi connectivity index (χ3n) is 3.83. The highest BCUT2D eigenvalue weighted by Gasteiger charge is 2.27. The normalized spacial score (nSPS) is 11.9. The van der Waals surface area contributed by atoms with E-state index in [2.05, 4.69) is 15.6 Å². The zero-order chi connectivity index (χ0) is 19.1. The molecule has 0 saturated heterocycles. The molecular weight excluding hydrogens is 340 g/mol. The van der Waals surface area contributed by atoms with Gasteiger partial charge >= 0.3 is 0 Å². The van der Waals surface area contributed by atoms with Crippen LogP contribution in [0.25, 0.3) is 0 Å². The fourth-order valence-corrected chi connectivity index (χ4v) is 2.43. The number of rotatable bonds is 7. The van der Waals surface area contributed by atoms with Gasteiger partial charge in [0.25, 0.3) is 5.91 Å². The monoisotopic (exact) mass is 361 g/mol. The van der Waals surface area contributed by atoms with Crippen molar-refractivity contribution < 1.29 is 18.4 Å². The minimum Gasteiger partial charge on any atom is -0.354 e. The van der Waals surface area contributed by atoms with Crippen LogP contribution in [0.1, 0.15) is 29.9 Å². The third-order valence-corrected chi connectivity index (χ3v) is 3.83. The Morgan fingerprint density at radius 2 is 1.77 bits per heavy atom. The SMILES string of the molecule is CC(C)[C@H](NC(=O)c1c(F)cccc1F)C(=O)NCCc1ccccn1. The van der Waals surface area contributed by atoms with E-state index < -0.39 is 35.1 Å². The average Bonchev–Trinajstić information content (AvgIpc) is 2.60. The Balaban J connectivity index is 1.99. The van der Waals surface area contributed by atoms with Crippen LogP contribution in [-0.4, -0.2) is 29.4 Å². The summed E-state index contributed by atoms with van der Waals surface area (Å²) in [6.07, 6.45) is 2.20. The Morgan fingerprint density at radius 3 is 2.35 bits per heavy atom. The van der Waals surface area contributed by atoms with Gasteiger partial charge in [-0.1, -0.05) is 26.0 Å². The van der Waals surface area contributed by atoms with Crippen LogP contribution in [0.15, 0.2) is 42.6 Å². The van der Waals surface area contributed by atoms with Crippen molar-refractivity contribution in [2.24, 2.45) is 5.92 Å². The van der Waals surface area contributed by atoms with Crippen molar-refractivity contribution in [1.29, 1.82) is 0 Å². The van der Waals surface area contributed by atoms with Crippen LogP contribution in [0.2, 0.25) is 0 Å². The topological polar surface area (TPSA) is 71.1 Å². The van der Waals surface area contributed by atoms with Crippen molar-refractivity contribution in [3.63, 3.8) is 0 Å². The predicted molar refractivity (Wildman–Crippen MR) is 93.4 cm³/mol. The molecular formula is C19H21F2N3O2. The van der Waals surface area contributed by atoms with Crippen LogP contribution in [0.5, 0.6) is 0 Å². The number of amides is 2. The van der Waals surface area contributed by atoms with E-state index in [1.807, 2.05) is 12.1 Å². The summed E-state index contributed by atoms with van der Waals surface area (Å²) in [5.74, 6) is -3.58. The summed E-state index contributed by atoms with van der Waals surface area (Å²) in [5.41, 5.74) is 0.130. The van der Waals surface area contributed by atoms with E-state index in [0.29, 0.717) is 13.0 Å². The number of hydrogen-bond donors (Lipinski definition) is 2. The van der Waals surface area contributed by atoms with Gasteiger partial charge < -0.3 is 10.6 Å². The quantitative estimate of drug-likeness (QED) is 0.796. The van der Waals surface area contributed by atoms with E-state index in [1.165, 1.54) is 6.07 Å². The van der Waals surface area contributed by atoms with Crippen molar-refractivity contribution in [1.82, 2.24) is 15.6 Å². The third kappa shape index (κ3) is 5.08. The van der Waals surface area contributed by atoms with Crippen molar-refractivity contribution in [2.75, 3.05) is 6.54 Å². The zero-order valence-electron chi connectivity index (χ0n) is 14.6. The Bertz CT molecular complexity index is 746. The number of aromatic nitrogens is 1. The van der Waals surface area contributed by atoms with Crippen LogP contribution in [0.3, 0.4) is 0 Å². The lowest BCUT2D eigenvalue weighted by atomic mass is 10.0. The summed E-state index contributed by atoms with van der Waals surface area (Å²) in [7, 11) is 0. The number of hydrogen-bond acceptors (Lipinski definition) is 3. The Kier molecular flexibility index (Phi) is 6.77. The molecule has 0 fully saturated rings. The van der Waals surface area contributed by atoms with Crippen molar-refractivity contribution in [3.8, 4) is 0 Å². The summed E-state index contributed by atoms with van der Waals surface area (Å²) >= 11 is 0. The first-order valence-electron chi connectivity index (χ1n) is 8.32. The van der Waals surface area contributed by atoms with Crippen molar-refractivity contribution >= 4 is 11.8 Å². The van der Waals surface area contributed by atoms with Crippen LogP contribution in [0, 0.1) is 17.6 Å². The lowest BCUT2D eigenvalue weighted by Crippen LogP contribution is -2.50. The summed E-state index contributed by atoms with van der Waals surface area (Å²) in [4.78, 5) is 28.8. The maximum atomic E-state index is 13.7. The molecule has 0 aliphatic carbocycles. The zero-order valence-corrected chi connectivity index (χ0v) is 14.6. The smallest absolute Gasteiger partial charge is 0.257 e. The molecule has 26 heavy (non-hydrogen) atoms. The molecule has 0 saturated carbocycles.